The van der Waals surface area contributed by atoms with Crippen molar-refractivity contribution in [3.05, 3.63) is 32.6 Å². The third kappa shape index (κ3) is 9.35. The van der Waals surface area contributed by atoms with Crippen LogP contribution in [0.15, 0.2) is 15.8 Å². The van der Waals surface area contributed by atoms with Crippen LogP contribution in [-0.2, 0) is 36.3 Å². The lowest BCUT2D eigenvalue weighted by Crippen LogP contribution is -2.33. The van der Waals surface area contributed by atoms with Gasteiger partial charge in [-0.15, -0.1) is 0 Å². The Morgan fingerprint density at radius 2 is 1.85 bits per heavy atom. The van der Waals surface area contributed by atoms with Crippen LogP contribution in [-0.4, -0.2) is 60.1 Å². The maximum Gasteiger partial charge on any atom is 0.490 e. The molecule has 1 aliphatic rings. The highest BCUT2D eigenvalue weighted by Gasteiger charge is 2.43. The summed E-state index contributed by atoms with van der Waals surface area (Å²) < 4.78 is 58.4. The molecule has 16 nitrogen and oxygen atoms in total. The quantitative estimate of drug-likeness (QED) is 0.101. The Hall–Kier alpha value is -0.290. The van der Waals surface area contributed by atoms with Crippen LogP contribution in [0.2, 0.25) is 0 Å². The molecule has 0 aliphatic carbocycles. The standard InChI is InChI=1S/C12H21N2O14P3S2/c1-7-4-14(12(16)13-11(7)15)10-3-8(24-6-33-32-2)9(26-10)5-25-30(20,21)28-31(22,23)27-29(17,18)19/h4,8-10H,3,5-6H2,1-2H3,(H,20,21)(H,22,23)(H,13,15,16)(H2,17,18,19)/t8-,9+,10+/m0/s1. The summed E-state index contributed by atoms with van der Waals surface area (Å²) in [7, 11) is -13.8. The van der Waals surface area contributed by atoms with Crippen LogP contribution in [0.3, 0.4) is 0 Å². The Morgan fingerprint density at radius 3 is 2.45 bits per heavy atom. The Morgan fingerprint density at radius 1 is 1.18 bits per heavy atom. The van der Waals surface area contributed by atoms with E-state index >= 15 is 0 Å². The minimum Gasteiger partial charge on any atom is -0.364 e. The highest BCUT2D eigenvalue weighted by molar-refractivity contribution is 8.76. The number of rotatable bonds is 12. The fourth-order valence-electron chi connectivity index (χ4n) is 2.63. The number of ether oxygens (including phenoxy) is 2. The van der Waals surface area contributed by atoms with Crippen molar-refractivity contribution in [2.45, 2.75) is 31.8 Å². The molecule has 21 heteroatoms. The SMILES string of the molecule is CSSCO[C@H]1C[C@H](n2cc(C)c(=O)[nH]c2=O)O[C@@H]1COP(=O)(O)OP(=O)(O)OP(=O)(O)O. The van der Waals surface area contributed by atoms with Crippen LogP contribution in [0.25, 0.3) is 0 Å². The second kappa shape index (κ2) is 11.6. The van der Waals surface area contributed by atoms with Gasteiger partial charge in [0.25, 0.3) is 5.56 Å². The van der Waals surface area contributed by atoms with E-state index in [1.54, 1.807) is 6.26 Å². The number of aryl methyl sites for hydroxylation is 1. The first kappa shape index (κ1) is 28.9. The molecule has 190 valence electrons. The number of nitrogens with zero attached hydrogens (tertiary/aromatic N) is 1. The predicted molar refractivity (Wildman–Crippen MR) is 115 cm³/mol. The van der Waals surface area contributed by atoms with Crippen LogP contribution in [0.1, 0.15) is 18.2 Å². The topological polar surface area (TPSA) is 233 Å². The zero-order valence-electron chi connectivity index (χ0n) is 16.9. The number of hydrogen-bond donors (Lipinski definition) is 5. The van der Waals surface area contributed by atoms with Gasteiger partial charge in [-0.05, 0) is 13.2 Å². The van der Waals surface area contributed by atoms with E-state index in [9.17, 15) is 33.1 Å². The summed E-state index contributed by atoms with van der Waals surface area (Å²) in [6.07, 6.45) is 0.335. The van der Waals surface area contributed by atoms with Gasteiger partial charge in [-0.25, -0.2) is 18.5 Å². The Labute approximate surface area is 193 Å². The van der Waals surface area contributed by atoms with Gasteiger partial charge in [-0.2, -0.15) is 8.62 Å². The maximum atomic E-state index is 12.1. The van der Waals surface area contributed by atoms with Gasteiger partial charge in [0.15, 0.2) is 0 Å². The van der Waals surface area contributed by atoms with E-state index in [0.717, 1.165) is 4.57 Å². The third-order valence-electron chi connectivity index (χ3n) is 3.90. The zero-order chi connectivity index (χ0) is 25.0. The van der Waals surface area contributed by atoms with Crippen LogP contribution in [0.4, 0.5) is 0 Å². The Bertz CT molecular complexity index is 1090. The summed E-state index contributed by atoms with van der Waals surface area (Å²) in [4.78, 5) is 61.8. The summed E-state index contributed by atoms with van der Waals surface area (Å²) in [5.74, 6) is 0.174. The monoisotopic (exact) mass is 574 g/mol. The van der Waals surface area contributed by atoms with E-state index < -0.39 is 59.8 Å². The lowest BCUT2D eigenvalue weighted by atomic mass is 10.2. The van der Waals surface area contributed by atoms with Gasteiger partial charge < -0.3 is 29.0 Å². The zero-order valence-corrected chi connectivity index (χ0v) is 21.2. The highest BCUT2D eigenvalue weighted by atomic mass is 33.1. The average Bonchev–Trinajstić information content (AvgIpc) is 3.03. The van der Waals surface area contributed by atoms with Crippen molar-refractivity contribution in [1.82, 2.24) is 9.55 Å². The molecule has 1 aromatic rings. The summed E-state index contributed by atoms with van der Waals surface area (Å²) >= 11 is 0. The van der Waals surface area contributed by atoms with E-state index in [0.29, 0.717) is 0 Å². The van der Waals surface area contributed by atoms with Gasteiger partial charge in [0.2, 0.25) is 0 Å². The second-order valence-corrected chi connectivity index (χ2v) is 13.3. The highest BCUT2D eigenvalue weighted by Crippen LogP contribution is 2.66. The average molecular weight is 574 g/mol. The van der Waals surface area contributed by atoms with Crippen molar-refractivity contribution < 1.29 is 55.9 Å². The van der Waals surface area contributed by atoms with E-state index in [1.165, 1.54) is 34.7 Å². The number of hydrogen-bond acceptors (Lipinski definition) is 12. The Kier molecular flexibility index (Phi) is 10.2. The summed E-state index contributed by atoms with van der Waals surface area (Å²) in [5.41, 5.74) is -1.12. The van der Waals surface area contributed by atoms with Crippen molar-refractivity contribution in [2.24, 2.45) is 0 Å². The normalized spacial score (nSPS) is 25.0. The molecule has 1 saturated heterocycles. The number of aromatic nitrogens is 2. The van der Waals surface area contributed by atoms with Crippen LogP contribution >= 0.6 is 45.1 Å². The van der Waals surface area contributed by atoms with Crippen molar-refractivity contribution in [3.8, 4) is 0 Å². The molecule has 0 spiro atoms. The number of aromatic amines is 1. The number of H-pyrrole nitrogens is 1. The number of phosphoric acid groups is 3. The molecule has 2 heterocycles. The van der Waals surface area contributed by atoms with E-state index in [-0.39, 0.29) is 17.9 Å². The maximum absolute atomic E-state index is 12.1. The van der Waals surface area contributed by atoms with Crippen molar-refractivity contribution in [1.29, 1.82) is 0 Å². The third-order valence-corrected chi connectivity index (χ3v) is 9.17. The first-order chi connectivity index (χ1) is 15.1. The molecule has 1 aliphatic heterocycles. The summed E-state index contributed by atoms with van der Waals surface area (Å²) in [6, 6.07) is 0. The van der Waals surface area contributed by atoms with E-state index in [4.69, 9.17) is 19.3 Å². The first-order valence-electron chi connectivity index (χ1n) is 8.65. The van der Waals surface area contributed by atoms with Gasteiger partial charge in [0.1, 0.15) is 18.3 Å². The molecule has 0 amide bonds. The number of phosphoric ester groups is 1. The molecule has 0 bridgehead atoms. The molecule has 0 radical (unpaired) electrons. The molecule has 33 heavy (non-hydrogen) atoms. The van der Waals surface area contributed by atoms with Gasteiger partial charge in [0.05, 0.1) is 12.7 Å². The van der Waals surface area contributed by atoms with Crippen molar-refractivity contribution in [3.63, 3.8) is 0 Å². The molecule has 0 saturated carbocycles. The predicted octanol–water partition coefficient (Wildman–Crippen LogP) is 0.830. The molecule has 5 N–H and O–H groups in total. The van der Waals surface area contributed by atoms with Crippen LogP contribution in [0.5, 0.6) is 0 Å². The molecule has 2 rings (SSSR count). The van der Waals surface area contributed by atoms with Crippen molar-refractivity contribution >= 4 is 45.1 Å². The van der Waals surface area contributed by atoms with E-state index in [1.807, 2.05) is 0 Å². The molecule has 1 fully saturated rings. The molecule has 1 aromatic heterocycles. The van der Waals surface area contributed by atoms with Crippen LogP contribution in [0, 0.1) is 6.92 Å². The van der Waals surface area contributed by atoms with Gasteiger partial charge >= 0.3 is 29.2 Å². The molecule has 0 aromatic carbocycles. The minimum absolute atomic E-state index is 0.0742. The minimum atomic E-state index is -5.67. The molecular weight excluding hydrogens is 553 g/mol. The molecule has 5 atom stereocenters. The number of nitrogens with one attached hydrogen (secondary N) is 1. The summed E-state index contributed by atoms with van der Waals surface area (Å²) in [5, 5.41) is 0. The molecular formula is C12H21N2O14P3S2. The fourth-order valence-corrected chi connectivity index (χ4v) is 6.44. The lowest BCUT2D eigenvalue weighted by Gasteiger charge is -2.21. The van der Waals surface area contributed by atoms with Crippen molar-refractivity contribution in [2.75, 3.05) is 18.8 Å². The van der Waals surface area contributed by atoms with Crippen LogP contribution < -0.4 is 11.2 Å². The van der Waals surface area contributed by atoms with E-state index in [2.05, 4.69) is 18.1 Å². The first-order valence-corrected chi connectivity index (χ1v) is 15.9. The van der Waals surface area contributed by atoms with Gasteiger partial charge in [0, 0.05) is 18.2 Å². The molecule has 2 unspecified atom stereocenters. The Balaban J connectivity index is 2.13. The second-order valence-electron chi connectivity index (χ2n) is 6.34. The van der Waals surface area contributed by atoms with Gasteiger partial charge in [-0.3, -0.25) is 18.9 Å². The fraction of sp³-hybridized carbons (Fsp3) is 0.667. The van der Waals surface area contributed by atoms with Gasteiger partial charge in [-0.1, -0.05) is 21.6 Å². The smallest absolute Gasteiger partial charge is 0.364 e. The summed E-state index contributed by atoms with van der Waals surface area (Å²) in [6.45, 7) is 0.728. The largest absolute Gasteiger partial charge is 0.490 e. The lowest BCUT2D eigenvalue weighted by molar-refractivity contribution is -0.0543.